The number of halogens is 4. The van der Waals surface area contributed by atoms with Crippen LogP contribution >= 0.6 is 15.9 Å². The molecule has 0 saturated carbocycles. The number of aryl methyl sites for hydroxylation is 3. The van der Waals surface area contributed by atoms with E-state index in [-0.39, 0.29) is 4.83 Å². The standard InChI is InChI=1S/C17H16BrF3/c1-10-7-11(2)15(12(3)8-10)16(18)13-5-4-6-14(9-13)17(19,20)21/h4-9,16H,1-3H3. The first-order valence-corrected chi connectivity index (χ1v) is 7.50. The van der Waals surface area contributed by atoms with Gasteiger partial charge in [-0.05, 0) is 49.1 Å². The van der Waals surface area contributed by atoms with Gasteiger partial charge in [-0.2, -0.15) is 13.2 Å². The van der Waals surface area contributed by atoms with Crippen LogP contribution in [0.2, 0.25) is 0 Å². The number of hydrogen-bond donors (Lipinski definition) is 0. The average molecular weight is 357 g/mol. The maximum atomic E-state index is 12.8. The Labute approximate surface area is 131 Å². The van der Waals surface area contributed by atoms with Gasteiger partial charge in [0, 0.05) is 0 Å². The fourth-order valence-electron chi connectivity index (χ4n) is 2.63. The highest BCUT2D eigenvalue weighted by molar-refractivity contribution is 9.09. The fourth-order valence-corrected chi connectivity index (χ4v) is 3.64. The van der Waals surface area contributed by atoms with Gasteiger partial charge in [0.05, 0.1) is 10.4 Å². The third kappa shape index (κ3) is 3.49. The molecular formula is C17H16BrF3. The highest BCUT2D eigenvalue weighted by Crippen LogP contribution is 2.38. The smallest absolute Gasteiger partial charge is 0.166 e. The Bertz CT molecular complexity index is 636. The highest BCUT2D eigenvalue weighted by Gasteiger charge is 2.31. The van der Waals surface area contributed by atoms with Crippen molar-refractivity contribution in [2.75, 3.05) is 0 Å². The number of benzene rings is 2. The third-order valence-corrected chi connectivity index (χ3v) is 4.48. The molecule has 1 unspecified atom stereocenters. The predicted octanol–water partition coefficient (Wildman–Crippen LogP) is 6.11. The van der Waals surface area contributed by atoms with Gasteiger partial charge in [0.25, 0.3) is 0 Å². The molecule has 112 valence electrons. The largest absolute Gasteiger partial charge is 0.416 e. The molecule has 1 atom stereocenters. The molecule has 2 rings (SSSR count). The molecule has 2 aromatic rings. The van der Waals surface area contributed by atoms with Gasteiger partial charge in [-0.1, -0.05) is 51.8 Å². The molecule has 0 nitrogen and oxygen atoms in total. The zero-order valence-corrected chi connectivity index (χ0v) is 13.6. The molecule has 0 saturated heterocycles. The normalized spacial score (nSPS) is 13.3. The van der Waals surface area contributed by atoms with E-state index in [2.05, 4.69) is 15.9 Å². The van der Waals surface area contributed by atoms with E-state index >= 15 is 0 Å². The summed E-state index contributed by atoms with van der Waals surface area (Å²) in [6, 6.07) is 9.56. The maximum absolute atomic E-state index is 12.8. The summed E-state index contributed by atoms with van der Waals surface area (Å²) in [4.78, 5) is -0.250. The van der Waals surface area contributed by atoms with Gasteiger partial charge < -0.3 is 0 Å². The van der Waals surface area contributed by atoms with Crippen molar-refractivity contribution in [2.24, 2.45) is 0 Å². The topological polar surface area (TPSA) is 0 Å². The van der Waals surface area contributed by atoms with Gasteiger partial charge in [0.1, 0.15) is 0 Å². The van der Waals surface area contributed by atoms with E-state index in [0.717, 1.165) is 28.3 Å². The zero-order valence-electron chi connectivity index (χ0n) is 12.1. The summed E-state index contributed by atoms with van der Waals surface area (Å²) in [5.41, 5.74) is 4.32. The SMILES string of the molecule is Cc1cc(C)c(C(Br)c2cccc(C(F)(F)F)c2)c(C)c1. The minimum Gasteiger partial charge on any atom is -0.166 e. The lowest BCUT2D eigenvalue weighted by Crippen LogP contribution is -2.07. The van der Waals surface area contributed by atoms with Crippen molar-refractivity contribution in [3.63, 3.8) is 0 Å². The molecule has 0 aliphatic rings. The second-order valence-corrected chi connectivity index (χ2v) is 6.21. The quantitative estimate of drug-likeness (QED) is 0.569. The summed E-state index contributed by atoms with van der Waals surface area (Å²) in [7, 11) is 0. The van der Waals surface area contributed by atoms with Gasteiger partial charge in [-0.3, -0.25) is 0 Å². The summed E-state index contributed by atoms with van der Waals surface area (Å²) in [5.74, 6) is 0. The van der Waals surface area contributed by atoms with Crippen LogP contribution in [0.25, 0.3) is 0 Å². The van der Waals surface area contributed by atoms with Crippen molar-refractivity contribution in [3.05, 3.63) is 69.8 Å². The average Bonchev–Trinajstić information content (AvgIpc) is 2.36. The number of hydrogen-bond acceptors (Lipinski definition) is 0. The van der Waals surface area contributed by atoms with E-state index in [9.17, 15) is 13.2 Å². The van der Waals surface area contributed by atoms with E-state index in [1.165, 1.54) is 12.1 Å². The van der Waals surface area contributed by atoms with Crippen LogP contribution in [0.4, 0.5) is 13.2 Å². The van der Waals surface area contributed by atoms with Gasteiger partial charge in [0.2, 0.25) is 0 Å². The lowest BCUT2D eigenvalue weighted by atomic mass is 9.93. The molecule has 0 N–H and O–H groups in total. The Hall–Kier alpha value is -1.29. The van der Waals surface area contributed by atoms with E-state index in [0.29, 0.717) is 5.56 Å². The predicted molar refractivity (Wildman–Crippen MR) is 82.9 cm³/mol. The van der Waals surface area contributed by atoms with Crippen molar-refractivity contribution in [1.82, 2.24) is 0 Å². The van der Waals surface area contributed by atoms with Gasteiger partial charge in [-0.15, -0.1) is 0 Å². The molecule has 0 aromatic heterocycles. The van der Waals surface area contributed by atoms with Gasteiger partial charge in [0.15, 0.2) is 0 Å². The van der Waals surface area contributed by atoms with Crippen molar-refractivity contribution in [2.45, 2.75) is 31.8 Å². The van der Waals surface area contributed by atoms with Crippen LogP contribution in [0.15, 0.2) is 36.4 Å². The molecule has 0 aliphatic heterocycles. The molecular weight excluding hydrogens is 341 g/mol. The van der Waals surface area contributed by atoms with E-state index in [1.54, 1.807) is 6.07 Å². The summed E-state index contributed by atoms with van der Waals surface area (Å²) < 4.78 is 38.5. The molecule has 0 spiro atoms. The van der Waals surface area contributed by atoms with E-state index < -0.39 is 11.7 Å². The zero-order chi connectivity index (χ0) is 15.8. The Kier molecular flexibility index (Phi) is 4.47. The first kappa shape index (κ1) is 16.1. The Balaban J connectivity index is 2.48. The maximum Gasteiger partial charge on any atom is 0.416 e. The Morgan fingerprint density at radius 1 is 0.952 bits per heavy atom. The second kappa shape index (κ2) is 5.84. The molecule has 0 heterocycles. The van der Waals surface area contributed by atoms with Crippen LogP contribution < -0.4 is 0 Å². The molecule has 4 heteroatoms. The number of alkyl halides is 4. The summed E-state index contributed by atoms with van der Waals surface area (Å²) in [6.07, 6.45) is -4.32. The van der Waals surface area contributed by atoms with Crippen LogP contribution in [0.1, 0.15) is 38.2 Å². The summed E-state index contributed by atoms with van der Waals surface area (Å²) in [6.45, 7) is 5.98. The van der Waals surface area contributed by atoms with Crippen LogP contribution in [-0.2, 0) is 6.18 Å². The van der Waals surface area contributed by atoms with Crippen molar-refractivity contribution < 1.29 is 13.2 Å². The summed E-state index contributed by atoms with van der Waals surface area (Å²) >= 11 is 3.55. The van der Waals surface area contributed by atoms with Crippen LogP contribution in [0.3, 0.4) is 0 Å². The molecule has 0 aliphatic carbocycles. The first-order chi connectivity index (χ1) is 9.70. The van der Waals surface area contributed by atoms with Gasteiger partial charge >= 0.3 is 6.18 Å². The molecule has 21 heavy (non-hydrogen) atoms. The molecule has 2 aromatic carbocycles. The van der Waals surface area contributed by atoms with Crippen molar-refractivity contribution in [3.8, 4) is 0 Å². The molecule has 0 bridgehead atoms. The number of rotatable bonds is 2. The molecule has 0 fully saturated rings. The van der Waals surface area contributed by atoms with E-state index in [4.69, 9.17) is 0 Å². The second-order valence-electron chi connectivity index (χ2n) is 5.30. The Morgan fingerprint density at radius 2 is 1.52 bits per heavy atom. The van der Waals surface area contributed by atoms with Crippen LogP contribution in [0.5, 0.6) is 0 Å². The minimum atomic E-state index is -4.32. The molecule has 0 amide bonds. The van der Waals surface area contributed by atoms with Crippen molar-refractivity contribution in [1.29, 1.82) is 0 Å². The first-order valence-electron chi connectivity index (χ1n) is 6.59. The lowest BCUT2D eigenvalue weighted by Gasteiger charge is -2.18. The van der Waals surface area contributed by atoms with Crippen molar-refractivity contribution >= 4 is 15.9 Å². The monoisotopic (exact) mass is 356 g/mol. The van der Waals surface area contributed by atoms with Gasteiger partial charge in [-0.25, -0.2) is 0 Å². The minimum absolute atomic E-state index is 0.250. The van der Waals surface area contributed by atoms with E-state index in [1.807, 2.05) is 32.9 Å². The highest BCUT2D eigenvalue weighted by atomic mass is 79.9. The third-order valence-electron chi connectivity index (χ3n) is 3.50. The summed E-state index contributed by atoms with van der Waals surface area (Å²) in [5, 5.41) is 0. The Morgan fingerprint density at radius 3 is 2.05 bits per heavy atom. The molecule has 0 radical (unpaired) electrons. The van der Waals surface area contributed by atoms with Crippen LogP contribution in [-0.4, -0.2) is 0 Å². The van der Waals surface area contributed by atoms with Crippen LogP contribution in [0, 0.1) is 20.8 Å². The lowest BCUT2D eigenvalue weighted by molar-refractivity contribution is -0.137. The fraction of sp³-hybridized carbons (Fsp3) is 0.294.